The first-order valence-electron chi connectivity index (χ1n) is 20.4. The van der Waals surface area contributed by atoms with Gasteiger partial charge in [0, 0.05) is 19.6 Å². The van der Waals surface area contributed by atoms with Crippen molar-refractivity contribution in [2.75, 3.05) is 26.7 Å². The monoisotopic (exact) mass is 657 g/mol. The van der Waals surface area contributed by atoms with Gasteiger partial charge in [-0.3, -0.25) is 0 Å². The molecule has 0 rings (SSSR count). The minimum absolute atomic E-state index is 0.0575. The molecule has 0 aliphatic rings. The molecule has 0 saturated carbocycles. The molecule has 0 fully saturated rings. The Morgan fingerprint density at radius 2 is 0.936 bits per heavy atom. The maximum absolute atomic E-state index is 12.9. The van der Waals surface area contributed by atoms with Crippen LogP contribution in [0.2, 0.25) is 0 Å². The molecule has 0 aromatic rings. The largest absolute Gasteiger partial charge is 0.446 e. The number of carbonyl (C=O) groups excluding carboxylic acids is 1. The number of carbonyl (C=O) groups is 1. The highest BCUT2D eigenvalue weighted by atomic mass is 16.6. The van der Waals surface area contributed by atoms with Crippen molar-refractivity contribution in [3.63, 3.8) is 0 Å². The molecule has 0 saturated heterocycles. The van der Waals surface area contributed by atoms with E-state index in [-0.39, 0.29) is 12.2 Å². The zero-order valence-electron chi connectivity index (χ0n) is 32.0. The summed E-state index contributed by atoms with van der Waals surface area (Å²) in [5.41, 5.74) is 0. The van der Waals surface area contributed by atoms with Gasteiger partial charge in [0.15, 0.2) is 0 Å². The van der Waals surface area contributed by atoms with Gasteiger partial charge in [-0.05, 0) is 104 Å². The summed E-state index contributed by atoms with van der Waals surface area (Å²) >= 11 is 0. The van der Waals surface area contributed by atoms with Crippen LogP contribution in [0.5, 0.6) is 0 Å². The predicted molar refractivity (Wildman–Crippen MR) is 209 cm³/mol. The van der Waals surface area contributed by atoms with Gasteiger partial charge < -0.3 is 15.0 Å². The van der Waals surface area contributed by atoms with Gasteiger partial charge in [0.25, 0.3) is 0 Å². The number of amides is 1. The number of nitrogens with zero attached hydrogens (tertiary/aromatic N) is 1. The Hall–Kier alpha value is -1.81. The average Bonchev–Trinajstić information content (AvgIpc) is 3.08. The third-order valence-corrected chi connectivity index (χ3v) is 8.99. The molecule has 47 heavy (non-hydrogen) atoms. The highest BCUT2D eigenvalue weighted by Crippen LogP contribution is 2.18. The topological polar surface area (TPSA) is 41.6 Å². The molecule has 4 heteroatoms. The number of hydrogen-bond acceptors (Lipinski definition) is 3. The summed E-state index contributed by atoms with van der Waals surface area (Å²) in [4.78, 5) is 14.7. The molecule has 0 heterocycles. The number of hydrogen-bond donors (Lipinski definition) is 1. The second-order valence-corrected chi connectivity index (χ2v) is 13.4. The summed E-state index contributed by atoms with van der Waals surface area (Å²) in [6, 6.07) is 0. The summed E-state index contributed by atoms with van der Waals surface area (Å²) in [5.74, 6) is 0. The highest BCUT2D eigenvalue weighted by Gasteiger charge is 2.18. The lowest BCUT2D eigenvalue weighted by molar-refractivity contribution is 0.0540. The maximum atomic E-state index is 12.9. The molecule has 4 nitrogen and oxygen atoms in total. The van der Waals surface area contributed by atoms with Gasteiger partial charge in [0.1, 0.15) is 6.10 Å². The number of likely N-dealkylation sites (N-methyl/N-ethyl adjacent to an activating group) is 2. The van der Waals surface area contributed by atoms with Crippen molar-refractivity contribution >= 4 is 6.09 Å². The Morgan fingerprint density at radius 1 is 0.553 bits per heavy atom. The van der Waals surface area contributed by atoms with Gasteiger partial charge in [0.05, 0.1) is 0 Å². The Bertz CT molecular complexity index is 757. The van der Waals surface area contributed by atoms with Crippen molar-refractivity contribution in [2.24, 2.45) is 0 Å². The van der Waals surface area contributed by atoms with Crippen molar-refractivity contribution in [3.8, 4) is 0 Å². The molecule has 0 aliphatic carbocycles. The van der Waals surface area contributed by atoms with Crippen LogP contribution in [-0.2, 0) is 4.74 Å². The number of ether oxygens (including phenoxy) is 1. The van der Waals surface area contributed by atoms with E-state index in [1.807, 2.05) is 18.9 Å². The lowest BCUT2D eigenvalue weighted by atomic mass is 10.0. The first-order chi connectivity index (χ1) is 23.2. The van der Waals surface area contributed by atoms with Crippen molar-refractivity contribution in [1.82, 2.24) is 10.2 Å². The molecule has 1 atom stereocenters. The molecule has 0 aliphatic heterocycles. The second kappa shape index (κ2) is 38.6. The molecule has 0 bridgehead atoms. The Balaban J connectivity index is 4.15. The van der Waals surface area contributed by atoms with Crippen LogP contribution < -0.4 is 5.32 Å². The van der Waals surface area contributed by atoms with E-state index >= 15 is 0 Å². The fourth-order valence-corrected chi connectivity index (χ4v) is 5.82. The highest BCUT2D eigenvalue weighted by molar-refractivity contribution is 5.67. The van der Waals surface area contributed by atoms with E-state index in [0.717, 1.165) is 45.1 Å². The molecule has 0 aromatic carbocycles. The first kappa shape index (κ1) is 45.2. The van der Waals surface area contributed by atoms with E-state index in [0.29, 0.717) is 13.1 Å². The van der Waals surface area contributed by atoms with Gasteiger partial charge in [-0.1, -0.05) is 140 Å². The number of allylic oxidation sites excluding steroid dienone is 8. The van der Waals surface area contributed by atoms with Crippen molar-refractivity contribution in [2.45, 2.75) is 194 Å². The van der Waals surface area contributed by atoms with Crippen molar-refractivity contribution in [1.29, 1.82) is 0 Å². The van der Waals surface area contributed by atoms with Crippen LogP contribution in [0.25, 0.3) is 0 Å². The smallest absolute Gasteiger partial charge is 0.410 e. The second-order valence-electron chi connectivity index (χ2n) is 13.4. The molecule has 1 amide bonds. The Morgan fingerprint density at radius 3 is 1.32 bits per heavy atom. The average molecular weight is 657 g/mol. The molecular formula is C43H80N2O2. The van der Waals surface area contributed by atoms with Crippen molar-refractivity contribution < 1.29 is 9.53 Å². The summed E-state index contributed by atoms with van der Waals surface area (Å²) in [7, 11) is 1.93. The quantitative estimate of drug-likeness (QED) is 0.0545. The summed E-state index contributed by atoms with van der Waals surface area (Å²) < 4.78 is 6.08. The molecular weight excluding hydrogens is 576 g/mol. The Kier molecular flexibility index (Phi) is 37.1. The third-order valence-electron chi connectivity index (χ3n) is 8.99. The summed E-state index contributed by atoms with van der Waals surface area (Å²) in [6.07, 6.45) is 50.9. The van der Waals surface area contributed by atoms with Gasteiger partial charge in [0.2, 0.25) is 0 Å². The molecule has 0 radical (unpaired) electrons. The predicted octanol–water partition coefficient (Wildman–Crippen LogP) is 13.4. The van der Waals surface area contributed by atoms with Crippen LogP contribution >= 0.6 is 0 Å². The zero-order chi connectivity index (χ0) is 34.3. The zero-order valence-corrected chi connectivity index (χ0v) is 32.0. The van der Waals surface area contributed by atoms with Gasteiger partial charge in [-0.2, -0.15) is 0 Å². The Labute approximate surface area is 294 Å². The minimum Gasteiger partial charge on any atom is -0.446 e. The van der Waals surface area contributed by atoms with E-state index in [1.165, 1.54) is 128 Å². The van der Waals surface area contributed by atoms with E-state index in [4.69, 9.17) is 4.74 Å². The maximum Gasteiger partial charge on any atom is 0.410 e. The number of unbranched alkanes of at least 4 members (excludes halogenated alkanes) is 18. The SMILES string of the molecule is CCCCC/C=C\C/C=C\CCCCCCCCCC(CCCCCCC/C=C\C/C=C\CCCCC)OC(=O)N(CC)CCNC. The number of nitrogens with one attached hydrogen (secondary N) is 1. The standard InChI is InChI=1S/C43H80N2O2/c1-5-8-10-12-14-16-18-20-22-23-25-27-29-31-33-35-37-39-42(47-43(46)45(7-3)41-40-44-4)38-36-34-32-30-28-26-24-21-19-17-15-13-11-9-6-2/h14-17,20-22,24,42,44H,5-13,18-19,23,25-41H2,1-4H3/b16-14-,17-15-,22-20-,24-21-. The van der Waals surface area contributed by atoms with Crippen LogP contribution in [0.15, 0.2) is 48.6 Å². The number of rotatable bonds is 35. The molecule has 0 spiro atoms. The molecule has 1 N–H and O–H groups in total. The summed E-state index contributed by atoms with van der Waals surface area (Å²) in [5, 5.41) is 3.15. The summed E-state index contributed by atoms with van der Waals surface area (Å²) in [6.45, 7) is 8.76. The van der Waals surface area contributed by atoms with Crippen LogP contribution in [0.4, 0.5) is 4.79 Å². The van der Waals surface area contributed by atoms with Gasteiger partial charge >= 0.3 is 6.09 Å². The van der Waals surface area contributed by atoms with Crippen molar-refractivity contribution in [3.05, 3.63) is 48.6 Å². The van der Waals surface area contributed by atoms with Gasteiger partial charge in [-0.25, -0.2) is 4.79 Å². The minimum atomic E-state index is -0.132. The first-order valence-corrected chi connectivity index (χ1v) is 20.4. The molecule has 0 aromatic heterocycles. The lowest BCUT2D eigenvalue weighted by Gasteiger charge is -2.25. The fourth-order valence-electron chi connectivity index (χ4n) is 5.82. The fraction of sp³-hybridized carbons (Fsp3) is 0.791. The van der Waals surface area contributed by atoms with Crippen LogP contribution in [0.1, 0.15) is 188 Å². The molecule has 1 unspecified atom stereocenters. The third kappa shape index (κ3) is 33.9. The van der Waals surface area contributed by atoms with E-state index in [9.17, 15) is 4.79 Å². The van der Waals surface area contributed by atoms with E-state index in [2.05, 4.69) is 67.8 Å². The van der Waals surface area contributed by atoms with E-state index in [1.54, 1.807) is 0 Å². The normalized spacial score (nSPS) is 12.8. The van der Waals surface area contributed by atoms with E-state index < -0.39 is 0 Å². The lowest BCUT2D eigenvalue weighted by Crippen LogP contribution is -2.38. The molecule has 274 valence electrons. The van der Waals surface area contributed by atoms with Crippen LogP contribution in [0.3, 0.4) is 0 Å². The van der Waals surface area contributed by atoms with Crippen LogP contribution in [0, 0.1) is 0 Å². The van der Waals surface area contributed by atoms with Crippen LogP contribution in [-0.4, -0.2) is 43.8 Å². The van der Waals surface area contributed by atoms with Gasteiger partial charge in [-0.15, -0.1) is 0 Å².